The third-order valence-electron chi connectivity index (χ3n) is 4.81. The van der Waals surface area contributed by atoms with Crippen LogP contribution in [0.25, 0.3) is 0 Å². The number of piperazine rings is 1. The Morgan fingerprint density at radius 1 is 1.30 bits per heavy atom. The number of aromatic nitrogens is 4. The number of anilines is 1. The molecule has 1 unspecified atom stereocenters. The number of ether oxygens (including phenoxy) is 1. The molecule has 1 aliphatic rings. The molecule has 1 atom stereocenters. The van der Waals surface area contributed by atoms with E-state index in [1.54, 1.807) is 24.3 Å². The van der Waals surface area contributed by atoms with E-state index in [0.29, 0.717) is 19.7 Å². The summed E-state index contributed by atoms with van der Waals surface area (Å²) in [5, 5.41) is 7.24. The molecule has 1 aliphatic heterocycles. The number of methoxy groups -OCH3 is 1. The minimum absolute atomic E-state index is 0.0881. The number of urea groups is 1. The van der Waals surface area contributed by atoms with Gasteiger partial charge in [-0.05, 0) is 12.5 Å². The number of carbonyl (C=O) groups excluding carboxylic acids is 1. The highest BCUT2D eigenvalue weighted by Gasteiger charge is 2.25. The molecule has 2 aromatic rings. The van der Waals surface area contributed by atoms with Crippen molar-refractivity contribution in [3.8, 4) is 0 Å². The first-order valence-electron chi connectivity index (χ1n) is 9.20. The maximum absolute atomic E-state index is 12.7. The van der Waals surface area contributed by atoms with Gasteiger partial charge in [0.15, 0.2) is 0 Å². The Bertz CT molecular complexity index is 756. The summed E-state index contributed by atoms with van der Waals surface area (Å²) in [5.41, 5.74) is 1.94. The van der Waals surface area contributed by atoms with Crippen molar-refractivity contribution in [2.75, 3.05) is 44.8 Å². The largest absolute Gasteiger partial charge is 0.382 e. The van der Waals surface area contributed by atoms with Crippen molar-refractivity contribution in [3.63, 3.8) is 0 Å². The van der Waals surface area contributed by atoms with Crippen molar-refractivity contribution in [2.24, 2.45) is 7.05 Å². The highest BCUT2D eigenvalue weighted by molar-refractivity contribution is 5.75. The van der Waals surface area contributed by atoms with Gasteiger partial charge in [-0.25, -0.2) is 14.8 Å². The van der Waals surface area contributed by atoms with E-state index in [0.717, 1.165) is 36.7 Å². The molecule has 9 nitrogen and oxygen atoms in total. The summed E-state index contributed by atoms with van der Waals surface area (Å²) in [6.45, 7) is 5.24. The van der Waals surface area contributed by atoms with Crippen LogP contribution in [0, 0.1) is 0 Å². The van der Waals surface area contributed by atoms with Crippen molar-refractivity contribution in [1.29, 1.82) is 0 Å². The van der Waals surface area contributed by atoms with Gasteiger partial charge in [-0.2, -0.15) is 5.10 Å². The predicted octanol–water partition coefficient (Wildman–Crippen LogP) is 0.992. The molecule has 1 fully saturated rings. The number of carbonyl (C=O) groups is 1. The molecule has 146 valence electrons. The van der Waals surface area contributed by atoms with Crippen LogP contribution in [-0.2, 0) is 18.2 Å². The Morgan fingerprint density at radius 3 is 2.70 bits per heavy atom. The molecule has 27 heavy (non-hydrogen) atoms. The third-order valence-corrected chi connectivity index (χ3v) is 4.81. The summed E-state index contributed by atoms with van der Waals surface area (Å²) < 4.78 is 7.02. The molecule has 3 rings (SSSR count). The van der Waals surface area contributed by atoms with E-state index in [1.165, 1.54) is 0 Å². The molecule has 0 spiro atoms. The topological polar surface area (TPSA) is 88.4 Å². The molecule has 0 radical (unpaired) electrons. The second-order valence-corrected chi connectivity index (χ2v) is 6.53. The van der Waals surface area contributed by atoms with Crippen LogP contribution in [0.1, 0.15) is 24.4 Å². The molecule has 2 amide bonds. The highest BCUT2D eigenvalue weighted by atomic mass is 16.5. The number of rotatable bonds is 6. The molecule has 3 heterocycles. The van der Waals surface area contributed by atoms with Crippen molar-refractivity contribution in [2.45, 2.75) is 19.4 Å². The van der Waals surface area contributed by atoms with Crippen LogP contribution in [0.2, 0.25) is 0 Å². The van der Waals surface area contributed by atoms with E-state index in [1.807, 2.05) is 24.1 Å². The van der Waals surface area contributed by atoms with E-state index < -0.39 is 0 Å². The average molecular weight is 373 g/mol. The Morgan fingerprint density at radius 2 is 2.07 bits per heavy atom. The van der Waals surface area contributed by atoms with Crippen molar-refractivity contribution >= 4 is 11.8 Å². The lowest BCUT2D eigenvalue weighted by Crippen LogP contribution is -2.53. The second kappa shape index (κ2) is 8.81. The van der Waals surface area contributed by atoms with Crippen LogP contribution >= 0.6 is 0 Å². The molecule has 2 aromatic heterocycles. The first kappa shape index (κ1) is 19.1. The molecule has 0 aliphatic carbocycles. The van der Waals surface area contributed by atoms with E-state index in [-0.39, 0.29) is 12.1 Å². The predicted molar refractivity (Wildman–Crippen MR) is 102 cm³/mol. The zero-order valence-electron chi connectivity index (χ0n) is 16.1. The number of aryl methyl sites for hydroxylation is 2. The fourth-order valence-electron chi connectivity index (χ4n) is 3.22. The lowest BCUT2D eigenvalue weighted by atomic mass is 10.2. The molecule has 0 bridgehead atoms. The van der Waals surface area contributed by atoms with Gasteiger partial charge in [0.1, 0.15) is 12.1 Å². The maximum Gasteiger partial charge on any atom is 0.318 e. The van der Waals surface area contributed by atoms with Gasteiger partial charge in [0.25, 0.3) is 0 Å². The highest BCUT2D eigenvalue weighted by Crippen LogP contribution is 2.16. The van der Waals surface area contributed by atoms with Gasteiger partial charge in [0.05, 0.1) is 18.3 Å². The normalized spacial score (nSPS) is 15.7. The van der Waals surface area contributed by atoms with E-state index >= 15 is 0 Å². The minimum atomic E-state index is -0.234. The maximum atomic E-state index is 12.7. The van der Waals surface area contributed by atoms with Gasteiger partial charge in [0.2, 0.25) is 0 Å². The number of nitrogens with one attached hydrogen (secondary N) is 1. The van der Waals surface area contributed by atoms with Crippen molar-refractivity contribution < 1.29 is 9.53 Å². The van der Waals surface area contributed by atoms with Gasteiger partial charge in [-0.1, -0.05) is 6.92 Å². The first-order chi connectivity index (χ1) is 13.1. The standard InChI is InChI=1S/C18H27N7O2/c1-4-14-11-17(20-13-19-14)24-7-9-25(10-8-24)18(26)22-15(12-27-3)16-5-6-21-23(16)2/h5-6,11,13,15H,4,7-10,12H2,1-3H3,(H,22,26). The SMILES string of the molecule is CCc1cc(N2CCN(C(=O)NC(COC)c3ccnn3C)CC2)ncn1. The summed E-state index contributed by atoms with van der Waals surface area (Å²) >= 11 is 0. The molecule has 1 N–H and O–H groups in total. The zero-order valence-corrected chi connectivity index (χ0v) is 16.1. The fourth-order valence-corrected chi connectivity index (χ4v) is 3.22. The quantitative estimate of drug-likeness (QED) is 0.812. The Labute approximate surface area is 159 Å². The van der Waals surface area contributed by atoms with Crippen LogP contribution in [0.5, 0.6) is 0 Å². The van der Waals surface area contributed by atoms with Gasteiger partial charge < -0.3 is 19.9 Å². The van der Waals surface area contributed by atoms with Crippen molar-refractivity contribution in [3.05, 3.63) is 36.0 Å². The van der Waals surface area contributed by atoms with Crippen LogP contribution in [0.4, 0.5) is 10.6 Å². The zero-order chi connectivity index (χ0) is 19.2. The summed E-state index contributed by atoms with van der Waals surface area (Å²) in [6.07, 6.45) is 4.21. The lowest BCUT2D eigenvalue weighted by Gasteiger charge is -2.36. The summed E-state index contributed by atoms with van der Waals surface area (Å²) in [6, 6.07) is 3.59. The lowest BCUT2D eigenvalue weighted by molar-refractivity contribution is 0.151. The number of hydrogen-bond acceptors (Lipinski definition) is 6. The van der Waals surface area contributed by atoms with Crippen molar-refractivity contribution in [1.82, 2.24) is 30.0 Å². The number of hydrogen-bond donors (Lipinski definition) is 1. The van der Waals surface area contributed by atoms with E-state index in [4.69, 9.17) is 4.74 Å². The van der Waals surface area contributed by atoms with E-state index in [2.05, 4.69) is 32.2 Å². The van der Waals surface area contributed by atoms with Gasteiger partial charge in [-0.3, -0.25) is 4.68 Å². The number of nitrogens with zero attached hydrogens (tertiary/aromatic N) is 6. The second-order valence-electron chi connectivity index (χ2n) is 6.53. The monoisotopic (exact) mass is 373 g/mol. The Balaban J connectivity index is 1.58. The number of amides is 2. The molecule has 1 saturated heterocycles. The van der Waals surface area contributed by atoms with Crippen LogP contribution in [0.3, 0.4) is 0 Å². The average Bonchev–Trinajstić information content (AvgIpc) is 3.13. The molecular formula is C18H27N7O2. The Kier molecular flexibility index (Phi) is 6.23. The van der Waals surface area contributed by atoms with E-state index in [9.17, 15) is 4.79 Å². The molecule has 0 saturated carbocycles. The smallest absolute Gasteiger partial charge is 0.318 e. The Hall–Kier alpha value is -2.68. The first-order valence-corrected chi connectivity index (χ1v) is 9.20. The summed E-state index contributed by atoms with van der Waals surface area (Å²) in [4.78, 5) is 25.4. The molecule has 9 heteroatoms. The van der Waals surface area contributed by atoms with Crippen LogP contribution in [-0.4, -0.2) is 70.6 Å². The molecular weight excluding hydrogens is 346 g/mol. The summed E-state index contributed by atoms with van der Waals surface area (Å²) in [5.74, 6) is 0.925. The van der Waals surface area contributed by atoms with Gasteiger partial charge in [0, 0.05) is 58.3 Å². The minimum Gasteiger partial charge on any atom is -0.382 e. The van der Waals surface area contributed by atoms with Gasteiger partial charge >= 0.3 is 6.03 Å². The molecule has 0 aromatic carbocycles. The third kappa shape index (κ3) is 4.54. The summed E-state index contributed by atoms with van der Waals surface area (Å²) in [7, 11) is 3.48. The van der Waals surface area contributed by atoms with Crippen LogP contribution in [0.15, 0.2) is 24.7 Å². The van der Waals surface area contributed by atoms with Crippen LogP contribution < -0.4 is 10.2 Å². The van der Waals surface area contributed by atoms with Gasteiger partial charge in [-0.15, -0.1) is 0 Å². The fraction of sp³-hybridized carbons (Fsp3) is 0.556.